The fourth-order valence-corrected chi connectivity index (χ4v) is 1.87. The number of amides is 1. The molecule has 1 amide bonds. The van der Waals surface area contributed by atoms with Crippen LogP contribution in [-0.4, -0.2) is 37.0 Å². The molecule has 1 atom stereocenters. The summed E-state index contributed by atoms with van der Waals surface area (Å²) in [4.78, 5) is 13.7. The van der Waals surface area contributed by atoms with Crippen LogP contribution >= 0.6 is 0 Å². The minimum absolute atomic E-state index is 0.245. The van der Waals surface area contributed by atoms with Crippen LogP contribution in [0.15, 0.2) is 0 Å². The van der Waals surface area contributed by atoms with Crippen molar-refractivity contribution in [3.05, 3.63) is 0 Å². The predicted molar refractivity (Wildman–Crippen MR) is 58.1 cm³/mol. The first-order valence-electron chi connectivity index (χ1n) is 5.75. The molecule has 1 unspecified atom stereocenters. The van der Waals surface area contributed by atoms with E-state index in [0.29, 0.717) is 5.91 Å². The molecule has 0 aromatic heterocycles. The van der Waals surface area contributed by atoms with E-state index in [0.717, 1.165) is 39.0 Å². The van der Waals surface area contributed by atoms with Crippen molar-refractivity contribution in [1.82, 2.24) is 10.2 Å². The number of nitrogens with zero attached hydrogens (tertiary/aromatic N) is 1. The van der Waals surface area contributed by atoms with E-state index in [4.69, 9.17) is 0 Å². The average molecular weight is 198 g/mol. The minimum atomic E-state index is 0.245. The first kappa shape index (κ1) is 11.5. The molecule has 1 aliphatic rings. The zero-order chi connectivity index (χ0) is 10.4. The smallest absolute Gasteiger partial charge is 0.225 e. The van der Waals surface area contributed by atoms with Gasteiger partial charge in [0.2, 0.25) is 5.91 Å². The molecule has 3 heteroatoms. The molecular weight excluding hydrogens is 176 g/mol. The largest absolute Gasteiger partial charge is 0.341 e. The maximum Gasteiger partial charge on any atom is 0.225 e. The molecule has 0 aromatic rings. The van der Waals surface area contributed by atoms with Crippen LogP contribution in [0.2, 0.25) is 0 Å². The summed E-state index contributed by atoms with van der Waals surface area (Å²) in [5.74, 6) is 0.587. The normalized spacial score (nSPS) is 22.9. The summed E-state index contributed by atoms with van der Waals surface area (Å²) in [5.41, 5.74) is 0. The molecule has 1 saturated heterocycles. The van der Waals surface area contributed by atoms with E-state index in [9.17, 15) is 4.79 Å². The van der Waals surface area contributed by atoms with Gasteiger partial charge in [0.05, 0.1) is 0 Å². The number of piperidine rings is 1. The maximum absolute atomic E-state index is 11.7. The van der Waals surface area contributed by atoms with E-state index in [1.807, 2.05) is 11.8 Å². The van der Waals surface area contributed by atoms with Gasteiger partial charge in [0.1, 0.15) is 0 Å². The molecule has 3 nitrogen and oxygen atoms in total. The maximum atomic E-state index is 11.7. The fourth-order valence-electron chi connectivity index (χ4n) is 1.87. The molecule has 0 aliphatic carbocycles. The van der Waals surface area contributed by atoms with Gasteiger partial charge in [0, 0.05) is 25.6 Å². The van der Waals surface area contributed by atoms with Crippen molar-refractivity contribution in [1.29, 1.82) is 0 Å². The van der Waals surface area contributed by atoms with Gasteiger partial charge in [-0.3, -0.25) is 4.79 Å². The Kier molecular flexibility index (Phi) is 4.94. The van der Waals surface area contributed by atoms with Gasteiger partial charge in [0.15, 0.2) is 0 Å². The topological polar surface area (TPSA) is 32.3 Å². The summed E-state index contributed by atoms with van der Waals surface area (Å²) in [5, 5.41) is 3.32. The number of carbonyl (C=O) groups is 1. The number of hydrogen-bond acceptors (Lipinski definition) is 2. The van der Waals surface area contributed by atoms with E-state index < -0.39 is 0 Å². The van der Waals surface area contributed by atoms with Crippen molar-refractivity contribution in [2.45, 2.75) is 33.1 Å². The number of hydrogen-bond donors (Lipinski definition) is 1. The molecule has 0 spiro atoms. The van der Waals surface area contributed by atoms with Gasteiger partial charge >= 0.3 is 0 Å². The molecule has 0 aromatic carbocycles. The highest BCUT2D eigenvalue weighted by molar-refractivity contribution is 5.79. The van der Waals surface area contributed by atoms with Crippen LogP contribution in [0, 0.1) is 5.92 Å². The number of likely N-dealkylation sites (tertiary alicyclic amines) is 1. The van der Waals surface area contributed by atoms with Crippen molar-refractivity contribution >= 4 is 5.91 Å². The fraction of sp³-hybridized carbons (Fsp3) is 0.909. The number of nitrogens with one attached hydrogen (secondary N) is 1. The van der Waals surface area contributed by atoms with Crippen molar-refractivity contribution in [2.75, 3.05) is 26.2 Å². The number of carbonyl (C=O) groups excluding carboxylic acids is 1. The second-order valence-corrected chi connectivity index (χ2v) is 4.12. The molecule has 82 valence electrons. The van der Waals surface area contributed by atoms with Crippen LogP contribution in [0.1, 0.15) is 33.1 Å². The third-order valence-corrected chi connectivity index (χ3v) is 2.78. The molecule has 1 fully saturated rings. The van der Waals surface area contributed by atoms with Crippen molar-refractivity contribution in [3.8, 4) is 0 Å². The SMILES string of the molecule is CCCNCCN1CCCC(C)C1=O. The van der Waals surface area contributed by atoms with E-state index in [1.54, 1.807) is 0 Å². The third-order valence-electron chi connectivity index (χ3n) is 2.78. The first-order chi connectivity index (χ1) is 6.75. The molecule has 0 saturated carbocycles. The standard InChI is InChI=1S/C11H22N2O/c1-3-6-12-7-9-13-8-4-5-10(2)11(13)14/h10,12H,3-9H2,1-2H3. The monoisotopic (exact) mass is 198 g/mol. The zero-order valence-electron chi connectivity index (χ0n) is 9.38. The summed E-state index contributed by atoms with van der Waals surface area (Å²) >= 11 is 0. The van der Waals surface area contributed by atoms with Gasteiger partial charge in [-0.05, 0) is 25.8 Å². The van der Waals surface area contributed by atoms with Gasteiger partial charge in [-0.2, -0.15) is 0 Å². The molecule has 1 rings (SSSR count). The van der Waals surface area contributed by atoms with E-state index in [2.05, 4.69) is 12.2 Å². The summed E-state index contributed by atoms with van der Waals surface area (Å²) < 4.78 is 0. The summed E-state index contributed by atoms with van der Waals surface area (Å²) in [6.07, 6.45) is 3.39. The molecule has 0 bridgehead atoms. The lowest BCUT2D eigenvalue weighted by Crippen LogP contribution is -2.43. The Bertz CT molecular complexity index is 182. The molecule has 1 N–H and O–H groups in total. The predicted octanol–water partition coefficient (Wildman–Crippen LogP) is 1.24. The zero-order valence-corrected chi connectivity index (χ0v) is 9.38. The Morgan fingerprint density at radius 3 is 3.00 bits per heavy atom. The van der Waals surface area contributed by atoms with E-state index >= 15 is 0 Å². The first-order valence-corrected chi connectivity index (χ1v) is 5.75. The Labute approximate surface area is 86.9 Å². The van der Waals surface area contributed by atoms with Crippen molar-refractivity contribution in [2.24, 2.45) is 5.92 Å². The molecular formula is C11H22N2O. The van der Waals surface area contributed by atoms with Gasteiger partial charge in [0.25, 0.3) is 0 Å². The van der Waals surface area contributed by atoms with E-state index in [-0.39, 0.29) is 5.92 Å². The minimum Gasteiger partial charge on any atom is -0.341 e. The van der Waals surface area contributed by atoms with Crippen molar-refractivity contribution < 1.29 is 4.79 Å². The molecule has 0 radical (unpaired) electrons. The molecule has 1 aliphatic heterocycles. The highest BCUT2D eigenvalue weighted by Gasteiger charge is 2.24. The molecule has 1 heterocycles. The lowest BCUT2D eigenvalue weighted by atomic mass is 9.99. The van der Waals surface area contributed by atoms with E-state index in [1.165, 1.54) is 6.42 Å². The summed E-state index contributed by atoms with van der Waals surface area (Å²) in [6, 6.07) is 0. The van der Waals surface area contributed by atoms with Gasteiger partial charge in [-0.15, -0.1) is 0 Å². The van der Waals surface area contributed by atoms with Crippen LogP contribution in [0.5, 0.6) is 0 Å². The van der Waals surface area contributed by atoms with Crippen LogP contribution in [0.25, 0.3) is 0 Å². The third kappa shape index (κ3) is 3.29. The Morgan fingerprint density at radius 2 is 2.29 bits per heavy atom. The quantitative estimate of drug-likeness (QED) is 0.674. The Morgan fingerprint density at radius 1 is 1.50 bits per heavy atom. The summed E-state index contributed by atoms with van der Waals surface area (Å²) in [7, 11) is 0. The van der Waals surface area contributed by atoms with Gasteiger partial charge in [-0.25, -0.2) is 0 Å². The molecule has 14 heavy (non-hydrogen) atoms. The highest BCUT2D eigenvalue weighted by atomic mass is 16.2. The highest BCUT2D eigenvalue weighted by Crippen LogP contribution is 2.16. The Hall–Kier alpha value is -0.570. The second kappa shape index (κ2) is 6.02. The van der Waals surface area contributed by atoms with Crippen molar-refractivity contribution in [3.63, 3.8) is 0 Å². The van der Waals surface area contributed by atoms with Gasteiger partial charge in [-0.1, -0.05) is 13.8 Å². The van der Waals surface area contributed by atoms with Crippen LogP contribution in [0.3, 0.4) is 0 Å². The lowest BCUT2D eigenvalue weighted by molar-refractivity contribution is -0.137. The van der Waals surface area contributed by atoms with Crippen LogP contribution in [-0.2, 0) is 4.79 Å². The van der Waals surface area contributed by atoms with Crippen LogP contribution in [0.4, 0.5) is 0 Å². The number of rotatable bonds is 5. The van der Waals surface area contributed by atoms with Gasteiger partial charge < -0.3 is 10.2 Å². The van der Waals surface area contributed by atoms with Crippen LogP contribution < -0.4 is 5.32 Å². The average Bonchev–Trinajstić information content (AvgIpc) is 2.19. The lowest BCUT2D eigenvalue weighted by Gasteiger charge is -2.30. The second-order valence-electron chi connectivity index (χ2n) is 4.12. The summed E-state index contributed by atoms with van der Waals surface area (Å²) in [6.45, 7) is 8.01. The Balaban J connectivity index is 2.19.